The number of nitrogens with one attached hydrogen (secondary N) is 1. The molecule has 0 radical (unpaired) electrons. The molecule has 2 rings (SSSR count). The van der Waals surface area contributed by atoms with Crippen LogP contribution in [-0.2, 0) is 10.0 Å². The summed E-state index contributed by atoms with van der Waals surface area (Å²) in [7, 11) is -3.59. The zero-order chi connectivity index (χ0) is 15.7. The van der Waals surface area contributed by atoms with Crippen LogP contribution in [0.4, 0.5) is 5.69 Å². The Morgan fingerprint density at radius 3 is 2.24 bits per heavy atom. The van der Waals surface area contributed by atoms with Gasteiger partial charge in [-0.1, -0.05) is 12.8 Å². The van der Waals surface area contributed by atoms with Crippen LogP contribution in [0.2, 0.25) is 0 Å². The van der Waals surface area contributed by atoms with Crippen LogP contribution in [0.25, 0.3) is 0 Å². The normalized spacial score (nSPS) is 18.0. The molecule has 0 aliphatic heterocycles. The Balaban J connectivity index is 2.23. The first-order chi connectivity index (χ1) is 9.80. The topological polar surface area (TPSA) is 92.4 Å². The first kappa shape index (κ1) is 16.3. The molecule has 0 aromatic heterocycles. The average molecular weight is 312 g/mol. The molecule has 118 valence electrons. The second-order valence-corrected chi connectivity index (χ2v) is 7.88. The molecule has 0 spiro atoms. The minimum atomic E-state index is -3.59. The Labute approximate surface area is 126 Å². The summed E-state index contributed by atoms with van der Waals surface area (Å²) in [5.41, 5.74) is 7.28. The van der Waals surface area contributed by atoms with Gasteiger partial charge in [-0.2, -0.15) is 0 Å². The van der Waals surface area contributed by atoms with Crippen molar-refractivity contribution in [1.29, 1.82) is 0 Å². The fourth-order valence-electron chi connectivity index (χ4n) is 3.24. The van der Waals surface area contributed by atoms with E-state index in [1.807, 2.05) is 0 Å². The van der Waals surface area contributed by atoms with Crippen molar-refractivity contribution in [2.45, 2.75) is 44.4 Å². The minimum absolute atomic E-state index is 0.0230. The standard InChI is InChI=1S/C15H24N2O3S/c1-11-7-13(16)8-12(2)14(11)21(19,20)17-9-15(10-18)5-3-4-6-15/h7-8,17-18H,3-6,9-10,16H2,1-2H3. The van der Waals surface area contributed by atoms with E-state index in [9.17, 15) is 13.5 Å². The van der Waals surface area contributed by atoms with E-state index in [-0.39, 0.29) is 18.6 Å². The van der Waals surface area contributed by atoms with E-state index in [1.165, 1.54) is 0 Å². The lowest BCUT2D eigenvalue weighted by Gasteiger charge is -2.27. The van der Waals surface area contributed by atoms with Gasteiger partial charge in [-0.15, -0.1) is 0 Å². The molecule has 5 nitrogen and oxygen atoms in total. The number of nitrogen functional groups attached to an aromatic ring is 1. The fraction of sp³-hybridized carbons (Fsp3) is 0.600. The molecular formula is C15H24N2O3S. The predicted octanol–water partition coefficient (Wildman–Crippen LogP) is 1.72. The van der Waals surface area contributed by atoms with Crippen LogP contribution in [0.1, 0.15) is 36.8 Å². The van der Waals surface area contributed by atoms with Crippen molar-refractivity contribution < 1.29 is 13.5 Å². The third-order valence-corrected chi connectivity index (χ3v) is 6.09. The van der Waals surface area contributed by atoms with Gasteiger partial charge in [-0.3, -0.25) is 0 Å². The van der Waals surface area contributed by atoms with Crippen molar-refractivity contribution in [2.24, 2.45) is 5.41 Å². The molecule has 1 aromatic rings. The highest BCUT2D eigenvalue weighted by molar-refractivity contribution is 7.89. The van der Waals surface area contributed by atoms with E-state index < -0.39 is 10.0 Å². The van der Waals surface area contributed by atoms with Crippen LogP contribution in [0, 0.1) is 19.3 Å². The molecule has 1 fully saturated rings. The molecule has 6 heteroatoms. The number of hydrogen-bond acceptors (Lipinski definition) is 4. The van der Waals surface area contributed by atoms with E-state index in [0.717, 1.165) is 25.7 Å². The second-order valence-electron chi connectivity index (χ2n) is 6.17. The second kappa shape index (κ2) is 5.94. The third kappa shape index (κ3) is 3.39. The largest absolute Gasteiger partial charge is 0.399 e. The van der Waals surface area contributed by atoms with Crippen LogP contribution in [-0.4, -0.2) is 26.7 Å². The quantitative estimate of drug-likeness (QED) is 0.722. The Morgan fingerprint density at radius 2 is 1.76 bits per heavy atom. The van der Waals surface area contributed by atoms with E-state index in [4.69, 9.17) is 5.73 Å². The SMILES string of the molecule is Cc1cc(N)cc(C)c1S(=O)(=O)NCC1(CO)CCCC1. The summed E-state index contributed by atoms with van der Waals surface area (Å²) >= 11 is 0. The molecule has 4 N–H and O–H groups in total. The van der Waals surface area contributed by atoms with Crippen molar-refractivity contribution in [2.75, 3.05) is 18.9 Å². The number of aliphatic hydroxyl groups excluding tert-OH is 1. The zero-order valence-electron chi connectivity index (χ0n) is 12.6. The maximum atomic E-state index is 12.6. The summed E-state index contributed by atoms with van der Waals surface area (Å²) in [6.45, 7) is 3.80. The van der Waals surface area contributed by atoms with Gasteiger partial charge in [0.2, 0.25) is 10.0 Å². The summed E-state index contributed by atoms with van der Waals surface area (Å²) in [6, 6.07) is 3.33. The van der Waals surface area contributed by atoms with Gasteiger partial charge in [-0.05, 0) is 49.9 Å². The van der Waals surface area contributed by atoms with E-state index in [0.29, 0.717) is 21.7 Å². The molecule has 0 amide bonds. The van der Waals surface area contributed by atoms with Crippen LogP contribution in [0.3, 0.4) is 0 Å². The molecule has 1 aliphatic carbocycles. The third-order valence-electron chi connectivity index (χ3n) is 4.39. The molecule has 0 saturated heterocycles. The van der Waals surface area contributed by atoms with Crippen LogP contribution in [0.5, 0.6) is 0 Å². The lowest BCUT2D eigenvalue weighted by molar-refractivity contribution is 0.134. The van der Waals surface area contributed by atoms with Gasteiger partial charge in [0.05, 0.1) is 4.90 Å². The Hall–Kier alpha value is -1.11. The highest BCUT2D eigenvalue weighted by Gasteiger charge is 2.34. The summed E-state index contributed by atoms with van der Waals surface area (Å²) in [5.74, 6) is 0. The molecule has 0 bridgehead atoms. The lowest BCUT2D eigenvalue weighted by atomic mass is 9.88. The molecular weight excluding hydrogens is 288 g/mol. The lowest BCUT2D eigenvalue weighted by Crippen LogP contribution is -2.38. The maximum absolute atomic E-state index is 12.6. The number of aryl methyl sites for hydroxylation is 2. The minimum Gasteiger partial charge on any atom is -0.399 e. The van der Waals surface area contributed by atoms with E-state index in [1.54, 1.807) is 26.0 Å². The smallest absolute Gasteiger partial charge is 0.241 e. The first-order valence-electron chi connectivity index (χ1n) is 7.27. The molecule has 1 aliphatic rings. The molecule has 0 atom stereocenters. The fourth-order valence-corrected chi connectivity index (χ4v) is 4.85. The number of rotatable bonds is 5. The maximum Gasteiger partial charge on any atom is 0.241 e. The summed E-state index contributed by atoms with van der Waals surface area (Å²) in [5, 5.41) is 9.58. The van der Waals surface area contributed by atoms with Gasteiger partial charge < -0.3 is 10.8 Å². The number of benzene rings is 1. The summed E-state index contributed by atoms with van der Waals surface area (Å²) in [4.78, 5) is 0.294. The van der Waals surface area contributed by atoms with Crippen LogP contribution >= 0.6 is 0 Å². The van der Waals surface area contributed by atoms with Crippen molar-refractivity contribution in [3.8, 4) is 0 Å². The number of aliphatic hydroxyl groups is 1. The highest BCUT2D eigenvalue weighted by Crippen LogP contribution is 2.37. The van der Waals surface area contributed by atoms with Gasteiger partial charge in [0.25, 0.3) is 0 Å². The Morgan fingerprint density at radius 1 is 1.24 bits per heavy atom. The van der Waals surface area contributed by atoms with Crippen LogP contribution < -0.4 is 10.5 Å². The number of hydrogen-bond donors (Lipinski definition) is 3. The van der Waals surface area contributed by atoms with Gasteiger partial charge in [0, 0.05) is 24.3 Å². The Bertz CT molecular complexity index is 597. The van der Waals surface area contributed by atoms with E-state index >= 15 is 0 Å². The van der Waals surface area contributed by atoms with Crippen molar-refractivity contribution in [3.05, 3.63) is 23.3 Å². The molecule has 1 aromatic carbocycles. The van der Waals surface area contributed by atoms with Gasteiger partial charge in [0.1, 0.15) is 0 Å². The van der Waals surface area contributed by atoms with Crippen LogP contribution in [0.15, 0.2) is 17.0 Å². The summed E-state index contributed by atoms with van der Waals surface area (Å²) < 4.78 is 27.8. The van der Waals surface area contributed by atoms with Crippen molar-refractivity contribution in [1.82, 2.24) is 4.72 Å². The average Bonchev–Trinajstić information content (AvgIpc) is 2.84. The Kier molecular flexibility index (Phi) is 4.60. The highest BCUT2D eigenvalue weighted by atomic mass is 32.2. The molecule has 21 heavy (non-hydrogen) atoms. The number of sulfonamides is 1. The predicted molar refractivity (Wildman–Crippen MR) is 83.5 cm³/mol. The number of nitrogens with two attached hydrogens (primary N) is 1. The molecule has 0 heterocycles. The zero-order valence-corrected chi connectivity index (χ0v) is 13.5. The van der Waals surface area contributed by atoms with E-state index in [2.05, 4.69) is 4.72 Å². The summed E-state index contributed by atoms with van der Waals surface area (Å²) in [6.07, 6.45) is 3.82. The van der Waals surface area contributed by atoms with Gasteiger partial charge in [0.15, 0.2) is 0 Å². The molecule has 0 unspecified atom stereocenters. The van der Waals surface area contributed by atoms with Crippen molar-refractivity contribution in [3.63, 3.8) is 0 Å². The van der Waals surface area contributed by atoms with Crippen molar-refractivity contribution >= 4 is 15.7 Å². The van der Waals surface area contributed by atoms with Gasteiger partial charge in [-0.25, -0.2) is 13.1 Å². The van der Waals surface area contributed by atoms with Gasteiger partial charge >= 0.3 is 0 Å². The molecule has 1 saturated carbocycles. The number of anilines is 1. The monoisotopic (exact) mass is 312 g/mol. The first-order valence-corrected chi connectivity index (χ1v) is 8.75.